The Morgan fingerprint density at radius 3 is 2.64 bits per heavy atom. The largest absolute Gasteiger partial charge is 0.493 e. The zero-order chi connectivity index (χ0) is 20.3. The number of rotatable bonds is 6. The van der Waals surface area contributed by atoms with Crippen molar-refractivity contribution in [2.75, 3.05) is 19.6 Å². The van der Waals surface area contributed by atoms with Crippen LogP contribution in [0.3, 0.4) is 0 Å². The quantitative estimate of drug-likeness (QED) is 0.616. The first-order chi connectivity index (χ1) is 13.5. The number of anilines is 1. The number of carbonyl (C=O) groups is 1. The topological polar surface area (TPSA) is 94.5 Å². The molecular formula is C19H19ClN4O4. The molecule has 0 aliphatic carbocycles. The van der Waals surface area contributed by atoms with Crippen LogP contribution in [0.25, 0.3) is 10.9 Å². The summed E-state index contributed by atoms with van der Waals surface area (Å²) in [7, 11) is 2.91. The number of carbonyl (C=O) groups excluding carboxylic acids is 1. The van der Waals surface area contributed by atoms with Crippen molar-refractivity contribution in [3.63, 3.8) is 0 Å². The molecule has 28 heavy (non-hydrogen) atoms. The molecule has 0 unspecified atom stereocenters. The van der Waals surface area contributed by atoms with Gasteiger partial charge in [0, 0.05) is 12.1 Å². The molecule has 0 saturated heterocycles. The molecule has 0 saturated carbocycles. The summed E-state index contributed by atoms with van der Waals surface area (Å²) < 4.78 is 11.8. The molecule has 0 spiro atoms. The fraction of sp³-hybridized carbons (Fsp3) is 0.211. The molecule has 0 radical (unpaired) electrons. The van der Waals surface area contributed by atoms with E-state index in [0.29, 0.717) is 28.9 Å². The van der Waals surface area contributed by atoms with Crippen LogP contribution in [0.5, 0.6) is 11.5 Å². The van der Waals surface area contributed by atoms with Gasteiger partial charge in [0.1, 0.15) is 0 Å². The summed E-state index contributed by atoms with van der Waals surface area (Å²) in [5, 5.41) is 0.745. The van der Waals surface area contributed by atoms with E-state index in [4.69, 9.17) is 21.1 Å². The van der Waals surface area contributed by atoms with Crippen molar-refractivity contribution in [2.45, 2.75) is 13.5 Å². The van der Waals surface area contributed by atoms with E-state index in [1.807, 2.05) is 6.92 Å². The van der Waals surface area contributed by atoms with Crippen molar-refractivity contribution in [3.8, 4) is 11.5 Å². The molecule has 3 aromatic rings. The number of amides is 1. The maximum absolute atomic E-state index is 12.6. The molecule has 0 atom stereocenters. The number of nitrogens with zero attached hydrogens (tertiary/aromatic N) is 2. The summed E-state index contributed by atoms with van der Waals surface area (Å²) in [5.41, 5.74) is 5.84. The van der Waals surface area contributed by atoms with E-state index in [2.05, 4.69) is 15.8 Å². The van der Waals surface area contributed by atoms with Crippen LogP contribution < -0.4 is 25.9 Å². The molecular weight excluding hydrogens is 384 g/mol. The molecule has 0 aliphatic rings. The molecule has 2 N–H and O–H groups in total. The van der Waals surface area contributed by atoms with Gasteiger partial charge in [-0.25, -0.2) is 4.98 Å². The number of hydrazine groups is 1. The molecule has 3 rings (SSSR count). The second kappa shape index (κ2) is 8.18. The van der Waals surface area contributed by atoms with Gasteiger partial charge in [-0.2, -0.15) is 0 Å². The molecule has 8 nitrogen and oxygen atoms in total. The normalized spacial score (nSPS) is 10.6. The minimum Gasteiger partial charge on any atom is -0.493 e. The monoisotopic (exact) mass is 402 g/mol. The fourth-order valence-electron chi connectivity index (χ4n) is 2.79. The highest BCUT2D eigenvalue weighted by atomic mass is 35.5. The van der Waals surface area contributed by atoms with Crippen LogP contribution in [-0.4, -0.2) is 29.7 Å². The lowest BCUT2D eigenvalue weighted by atomic mass is 10.2. The van der Waals surface area contributed by atoms with E-state index < -0.39 is 5.91 Å². The van der Waals surface area contributed by atoms with Crippen molar-refractivity contribution in [1.29, 1.82) is 0 Å². The number of aromatic nitrogens is 2. The number of fused-ring (bicyclic) bond motifs is 1. The van der Waals surface area contributed by atoms with E-state index in [9.17, 15) is 9.59 Å². The highest BCUT2D eigenvalue weighted by Crippen LogP contribution is 2.35. The third-order valence-corrected chi connectivity index (χ3v) is 4.44. The van der Waals surface area contributed by atoms with E-state index in [1.54, 1.807) is 24.3 Å². The van der Waals surface area contributed by atoms with Crippen LogP contribution in [0.1, 0.15) is 17.3 Å². The van der Waals surface area contributed by atoms with Gasteiger partial charge in [0.05, 0.1) is 30.1 Å². The predicted molar refractivity (Wildman–Crippen MR) is 107 cm³/mol. The third-order valence-electron chi connectivity index (χ3n) is 4.16. The summed E-state index contributed by atoms with van der Waals surface area (Å²) in [4.78, 5) is 29.6. The molecule has 9 heteroatoms. The summed E-state index contributed by atoms with van der Waals surface area (Å²) in [6.45, 7) is 2.20. The van der Waals surface area contributed by atoms with Gasteiger partial charge < -0.3 is 9.47 Å². The van der Waals surface area contributed by atoms with E-state index in [0.717, 1.165) is 0 Å². The third kappa shape index (κ3) is 3.59. The Kier molecular flexibility index (Phi) is 5.70. The number of nitrogens with one attached hydrogen (secondary N) is 2. The second-order valence-corrected chi connectivity index (χ2v) is 6.18. The van der Waals surface area contributed by atoms with Gasteiger partial charge in [-0.1, -0.05) is 23.7 Å². The van der Waals surface area contributed by atoms with Crippen molar-refractivity contribution in [3.05, 3.63) is 57.3 Å². The Morgan fingerprint density at radius 1 is 1.21 bits per heavy atom. The van der Waals surface area contributed by atoms with Crippen LogP contribution in [0.4, 0.5) is 5.95 Å². The van der Waals surface area contributed by atoms with Gasteiger partial charge in [-0.05, 0) is 31.2 Å². The average Bonchev–Trinajstić information content (AvgIpc) is 2.71. The first kappa shape index (κ1) is 19.5. The van der Waals surface area contributed by atoms with Crippen LogP contribution >= 0.6 is 11.6 Å². The number of benzene rings is 2. The smallest absolute Gasteiger partial charge is 0.269 e. The molecule has 2 aromatic carbocycles. The lowest BCUT2D eigenvalue weighted by molar-refractivity contribution is 0.0961. The zero-order valence-electron chi connectivity index (χ0n) is 15.6. The molecule has 146 valence electrons. The Bertz CT molecular complexity index is 1100. The number of hydrogen-bond donors (Lipinski definition) is 2. The first-order valence-corrected chi connectivity index (χ1v) is 8.85. The molecule has 1 heterocycles. The lowest BCUT2D eigenvalue weighted by Gasteiger charge is -2.15. The van der Waals surface area contributed by atoms with Crippen molar-refractivity contribution >= 4 is 34.4 Å². The standard InChI is InChI=1S/C19H19ClN4O4/c1-4-24-18(26)12-7-5-6-8-14(12)21-19(24)23-22-17(25)11-9-13(20)16(28-3)15(10-11)27-2/h5-10H,4H2,1-3H3,(H,21,23)(H,22,25). The summed E-state index contributed by atoms with van der Waals surface area (Å²) >= 11 is 6.15. The first-order valence-electron chi connectivity index (χ1n) is 8.47. The Morgan fingerprint density at radius 2 is 1.96 bits per heavy atom. The van der Waals surface area contributed by atoms with Gasteiger partial charge in [0.25, 0.3) is 11.5 Å². The van der Waals surface area contributed by atoms with Crippen molar-refractivity contribution < 1.29 is 14.3 Å². The highest BCUT2D eigenvalue weighted by Gasteiger charge is 2.16. The van der Waals surface area contributed by atoms with Crippen LogP contribution in [0, 0.1) is 0 Å². The summed E-state index contributed by atoms with van der Waals surface area (Å²) in [5.74, 6) is 0.415. The van der Waals surface area contributed by atoms with Crippen LogP contribution in [0.15, 0.2) is 41.2 Å². The number of ether oxygens (including phenoxy) is 2. The zero-order valence-corrected chi connectivity index (χ0v) is 16.3. The Balaban J connectivity index is 1.89. The van der Waals surface area contributed by atoms with Gasteiger partial charge in [0.2, 0.25) is 5.95 Å². The number of halogens is 1. The molecule has 1 amide bonds. The van der Waals surface area contributed by atoms with Gasteiger partial charge in [-0.15, -0.1) is 0 Å². The Hall–Kier alpha value is -3.26. The molecule has 0 aliphatic heterocycles. The van der Waals surface area contributed by atoms with Gasteiger partial charge in [-0.3, -0.25) is 25.0 Å². The van der Waals surface area contributed by atoms with Crippen molar-refractivity contribution in [1.82, 2.24) is 15.0 Å². The van der Waals surface area contributed by atoms with Gasteiger partial charge in [0.15, 0.2) is 11.5 Å². The second-order valence-electron chi connectivity index (χ2n) is 5.77. The Labute approximate surface area is 166 Å². The maximum Gasteiger partial charge on any atom is 0.269 e. The van der Waals surface area contributed by atoms with E-state index >= 15 is 0 Å². The number of hydrogen-bond acceptors (Lipinski definition) is 6. The van der Waals surface area contributed by atoms with Crippen molar-refractivity contribution in [2.24, 2.45) is 0 Å². The van der Waals surface area contributed by atoms with Gasteiger partial charge >= 0.3 is 0 Å². The predicted octanol–water partition coefficient (Wildman–Crippen LogP) is 2.84. The minimum atomic E-state index is -0.479. The van der Waals surface area contributed by atoms with Crippen LogP contribution in [0.2, 0.25) is 5.02 Å². The highest BCUT2D eigenvalue weighted by molar-refractivity contribution is 6.32. The minimum absolute atomic E-state index is 0.195. The number of para-hydroxylation sites is 1. The molecule has 0 fully saturated rings. The fourth-order valence-corrected chi connectivity index (χ4v) is 3.08. The maximum atomic E-state index is 12.6. The summed E-state index contributed by atoms with van der Waals surface area (Å²) in [6.07, 6.45) is 0. The lowest BCUT2D eigenvalue weighted by Crippen LogP contribution is -2.34. The van der Waals surface area contributed by atoms with E-state index in [-0.39, 0.29) is 22.1 Å². The van der Waals surface area contributed by atoms with E-state index in [1.165, 1.54) is 30.9 Å². The average molecular weight is 403 g/mol. The molecule has 0 bridgehead atoms. The van der Waals surface area contributed by atoms with Crippen LogP contribution in [-0.2, 0) is 6.54 Å². The SMILES string of the molecule is CCn1c(NNC(=O)c2cc(Cl)c(OC)c(OC)c2)nc2ccccc2c1=O. The molecule has 1 aromatic heterocycles. The summed E-state index contributed by atoms with van der Waals surface area (Å²) in [6, 6.07) is 9.98. The number of methoxy groups -OCH3 is 2.